The second-order valence-corrected chi connectivity index (χ2v) is 9.30. The maximum atomic E-state index is 12.8. The van der Waals surface area contributed by atoms with E-state index in [0.717, 1.165) is 43.1 Å². The van der Waals surface area contributed by atoms with Crippen molar-refractivity contribution in [1.82, 2.24) is 19.4 Å². The van der Waals surface area contributed by atoms with Crippen LogP contribution in [-0.2, 0) is 9.59 Å². The van der Waals surface area contributed by atoms with E-state index in [9.17, 15) is 9.59 Å². The molecule has 1 aliphatic heterocycles. The summed E-state index contributed by atoms with van der Waals surface area (Å²) in [7, 11) is 1.89. The van der Waals surface area contributed by atoms with Crippen molar-refractivity contribution in [3.8, 4) is 5.69 Å². The first-order valence-corrected chi connectivity index (χ1v) is 12.2. The molecule has 0 unspecified atom stereocenters. The van der Waals surface area contributed by atoms with Gasteiger partial charge >= 0.3 is 0 Å². The molecule has 0 atom stereocenters. The van der Waals surface area contributed by atoms with Gasteiger partial charge in [-0.3, -0.25) is 14.2 Å². The molecule has 1 aromatic carbocycles. The third-order valence-corrected chi connectivity index (χ3v) is 7.14. The van der Waals surface area contributed by atoms with Crippen molar-refractivity contribution in [2.75, 3.05) is 32.4 Å². The molecule has 3 rings (SSSR count). The summed E-state index contributed by atoms with van der Waals surface area (Å²) in [5, 5.41) is 0.824. The van der Waals surface area contributed by atoms with E-state index in [4.69, 9.17) is 0 Å². The smallest absolute Gasteiger partial charge is 0.233 e. The third-order valence-electron chi connectivity index (χ3n) is 6.19. The van der Waals surface area contributed by atoms with Gasteiger partial charge in [-0.25, -0.2) is 4.98 Å². The summed E-state index contributed by atoms with van der Waals surface area (Å²) in [5.41, 5.74) is 3.54. The monoisotopic (exact) mass is 442 g/mol. The molecular formula is C24H34N4O2S. The Labute approximate surface area is 190 Å². The number of aryl methyl sites for hydroxylation is 1. The van der Waals surface area contributed by atoms with Crippen molar-refractivity contribution < 1.29 is 9.59 Å². The lowest BCUT2D eigenvalue weighted by Crippen LogP contribution is -2.44. The molecule has 0 radical (unpaired) electrons. The van der Waals surface area contributed by atoms with E-state index in [1.807, 2.05) is 29.1 Å². The van der Waals surface area contributed by atoms with Gasteiger partial charge in [0.05, 0.1) is 11.4 Å². The van der Waals surface area contributed by atoms with E-state index in [-0.39, 0.29) is 17.7 Å². The quantitative estimate of drug-likeness (QED) is 0.578. The van der Waals surface area contributed by atoms with Gasteiger partial charge in [0.15, 0.2) is 5.16 Å². The van der Waals surface area contributed by atoms with Crippen LogP contribution in [0.5, 0.6) is 0 Å². The molecule has 7 heteroatoms. The molecule has 2 amide bonds. The fourth-order valence-corrected chi connectivity index (χ4v) is 4.86. The average Bonchev–Trinajstić information content (AvgIpc) is 3.25. The molecule has 0 bridgehead atoms. The highest BCUT2D eigenvalue weighted by molar-refractivity contribution is 7.99. The number of thioether (sulfide) groups is 1. The summed E-state index contributed by atoms with van der Waals surface area (Å²) in [5.74, 6) is 0.745. The Morgan fingerprint density at radius 2 is 1.97 bits per heavy atom. The van der Waals surface area contributed by atoms with Crippen LogP contribution in [-0.4, -0.2) is 63.6 Å². The second-order valence-electron chi connectivity index (χ2n) is 8.36. The van der Waals surface area contributed by atoms with E-state index in [2.05, 4.69) is 42.5 Å². The molecule has 1 aliphatic rings. The molecule has 2 heterocycles. The van der Waals surface area contributed by atoms with Crippen LogP contribution in [0.4, 0.5) is 0 Å². The summed E-state index contributed by atoms with van der Waals surface area (Å²) in [6.07, 6.45) is 7.35. The fourth-order valence-electron chi connectivity index (χ4n) is 3.99. The number of likely N-dealkylation sites (tertiary alicyclic amines) is 1. The van der Waals surface area contributed by atoms with Gasteiger partial charge in [-0.1, -0.05) is 37.2 Å². The number of rotatable bonds is 8. The number of hydrogen-bond donors (Lipinski definition) is 0. The molecule has 0 N–H and O–H groups in total. The van der Waals surface area contributed by atoms with Gasteiger partial charge in [0.1, 0.15) is 0 Å². The zero-order chi connectivity index (χ0) is 22.4. The van der Waals surface area contributed by atoms with E-state index < -0.39 is 0 Å². The standard InChI is InChI=1S/C24H34N4O2S/c1-5-6-13-26(4)23(30)20-10-14-27(15-11-20)22(29)17-31-24-25-12-16-28(24)21-9-7-8-18(2)19(21)3/h7-9,12,16,20H,5-6,10-11,13-15,17H2,1-4H3. The van der Waals surface area contributed by atoms with Crippen molar-refractivity contribution in [2.24, 2.45) is 5.92 Å². The number of amides is 2. The lowest BCUT2D eigenvalue weighted by Gasteiger charge is -2.33. The topological polar surface area (TPSA) is 58.4 Å². The number of benzene rings is 1. The highest BCUT2D eigenvalue weighted by atomic mass is 32.2. The first-order chi connectivity index (χ1) is 14.9. The number of carbonyl (C=O) groups excluding carboxylic acids is 2. The lowest BCUT2D eigenvalue weighted by molar-refractivity contribution is -0.138. The first-order valence-electron chi connectivity index (χ1n) is 11.2. The van der Waals surface area contributed by atoms with Crippen LogP contribution in [0.2, 0.25) is 0 Å². The largest absolute Gasteiger partial charge is 0.346 e. The van der Waals surface area contributed by atoms with Crippen LogP contribution in [0.25, 0.3) is 5.69 Å². The van der Waals surface area contributed by atoms with E-state index in [1.54, 1.807) is 6.20 Å². The van der Waals surface area contributed by atoms with Crippen LogP contribution < -0.4 is 0 Å². The summed E-state index contributed by atoms with van der Waals surface area (Å²) < 4.78 is 2.05. The van der Waals surface area contributed by atoms with Gasteiger partial charge in [-0.2, -0.15) is 0 Å². The summed E-state index contributed by atoms with van der Waals surface area (Å²) in [4.78, 5) is 33.6. The maximum Gasteiger partial charge on any atom is 0.233 e. The number of carbonyl (C=O) groups is 2. The molecule has 0 spiro atoms. The molecule has 1 fully saturated rings. The molecule has 31 heavy (non-hydrogen) atoms. The minimum atomic E-state index is 0.0433. The number of piperidine rings is 1. The minimum Gasteiger partial charge on any atom is -0.346 e. The minimum absolute atomic E-state index is 0.0433. The van der Waals surface area contributed by atoms with Crippen molar-refractivity contribution in [3.63, 3.8) is 0 Å². The van der Waals surface area contributed by atoms with Crippen molar-refractivity contribution in [3.05, 3.63) is 41.7 Å². The number of nitrogens with zero attached hydrogens (tertiary/aromatic N) is 4. The van der Waals surface area contributed by atoms with E-state index >= 15 is 0 Å². The highest BCUT2D eigenvalue weighted by Crippen LogP contribution is 2.25. The zero-order valence-electron chi connectivity index (χ0n) is 19.1. The average molecular weight is 443 g/mol. The Morgan fingerprint density at radius 3 is 2.68 bits per heavy atom. The Balaban J connectivity index is 1.52. The Hall–Kier alpha value is -2.28. The molecule has 168 valence electrons. The third kappa shape index (κ3) is 5.70. The zero-order valence-corrected chi connectivity index (χ0v) is 20.0. The number of aromatic nitrogens is 2. The van der Waals surface area contributed by atoms with Gasteiger partial charge in [-0.15, -0.1) is 0 Å². The Kier molecular flexibility index (Phi) is 8.18. The fraction of sp³-hybridized carbons (Fsp3) is 0.542. The van der Waals surface area contributed by atoms with Gasteiger partial charge in [0, 0.05) is 45.0 Å². The van der Waals surface area contributed by atoms with Crippen LogP contribution >= 0.6 is 11.8 Å². The molecule has 2 aromatic rings. The van der Waals surface area contributed by atoms with Crippen LogP contribution in [0.1, 0.15) is 43.7 Å². The lowest BCUT2D eigenvalue weighted by atomic mass is 9.95. The Morgan fingerprint density at radius 1 is 1.23 bits per heavy atom. The number of unbranched alkanes of at least 4 members (excludes halogenated alkanes) is 1. The predicted molar refractivity (Wildman–Crippen MR) is 126 cm³/mol. The Bertz CT molecular complexity index is 903. The van der Waals surface area contributed by atoms with Crippen LogP contribution in [0.3, 0.4) is 0 Å². The molecular weight excluding hydrogens is 408 g/mol. The highest BCUT2D eigenvalue weighted by Gasteiger charge is 2.29. The van der Waals surface area contributed by atoms with Crippen molar-refractivity contribution in [1.29, 1.82) is 0 Å². The van der Waals surface area contributed by atoms with Crippen molar-refractivity contribution in [2.45, 2.75) is 51.6 Å². The molecule has 6 nitrogen and oxygen atoms in total. The maximum absolute atomic E-state index is 12.8. The van der Waals surface area contributed by atoms with E-state index in [1.165, 1.54) is 22.9 Å². The number of hydrogen-bond acceptors (Lipinski definition) is 4. The molecule has 1 saturated heterocycles. The molecule has 1 aromatic heterocycles. The molecule has 0 saturated carbocycles. The first kappa shape index (κ1) is 23.4. The van der Waals surface area contributed by atoms with Gasteiger partial charge in [-0.05, 0) is 50.3 Å². The van der Waals surface area contributed by atoms with Gasteiger partial charge in [0.25, 0.3) is 0 Å². The SMILES string of the molecule is CCCCN(C)C(=O)C1CCN(C(=O)CSc2nccn2-c2cccc(C)c2C)CC1. The van der Waals surface area contributed by atoms with E-state index in [0.29, 0.717) is 18.8 Å². The molecule has 0 aliphatic carbocycles. The summed E-state index contributed by atoms with van der Waals surface area (Å²) in [6, 6.07) is 6.22. The van der Waals surface area contributed by atoms with Gasteiger partial charge < -0.3 is 9.80 Å². The van der Waals surface area contributed by atoms with Crippen LogP contribution in [0, 0.1) is 19.8 Å². The van der Waals surface area contributed by atoms with Gasteiger partial charge in [0.2, 0.25) is 11.8 Å². The normalized spacial score (nSPS) is 14.6. The second kappa shape index (κ2) is 10.8. The predicted octanol–water partition coefficient (Wildman–Crippen LogP) is 4.08. The summed E-state index contributed by atoms with van der Waals surface area (Å²) >= 11 is 1.47. The van der Waals surface area contributed by atoms with Crippen LogP contribution in [0.15, 0.2) is 35.7 Å². The van der Waals surface area contributed by atoms with Crippen molar-refractivity contribution >= 4 is 23.6 Å². The number of imidazole rings is 1. The summed E-state index contributed by atoms with van der Waals surface area (Å²) in [6.45, 7) is 8.47.